The smallest absolute Gasteiger partial charge is 0.241 e. The van der Waals surface area contributed by atoms with E-state index in [1.165, 1.54) is 12.1 Å². The molecule has 1 aliphatic heterocycles. The summed E-state index contributed by atoms with van der Waals surface area (Å²) in [5.74, 6) is 1.24. The third-order valence-corrected chi connectivity index (χ3v) is 6.70. The number of carbonyl (C=O) groups is 1. The van der Waals surface area contributed by atoms with Gasteiger partial charge in [-0.25, -0.2) is 13.6 Å². The Morgan fingerprint density at radius 3 is 2.62 bits per heavy atom. The van der Waals surface area contributed by atoms with Crippen LogP contribution >= 0.6 is 11.6 Å². The number of hydrogen-bond acceptors (Lipinski definition) is 5. The first-order valence-electron chi connectivity index (χ1n) is 9.23. The van der Waals surface area contributed by atoms with E-state index in [1.54, 1.807) is 30.3 Å². The van der Waals surface area contributed by atoms with Crippen LogP contribution in [0, 0.1) is 17.8 Å². The quantitative estimate of drug-likeness (QED) is 0.693. The molecular weight excluding hydrogens is 416 g/mol. The van der Waals surface area contributed by atoms with Crippen LogP contribution in [-0.2, 0) is 26.0 Å². The SMILES string of the molecule is NS(=O)(=O)c1cc(NC(=O)Cc2ccccc2Cl)ccc1OCC1C2COCC21. The van der Waals surface area contributed by atoms with Crippen molar-refractivity contribution in [3.63, 3.8) is 0 Å². The molecule has 9 heteroatoms. The van der Waals surface area contributed by atoms with Crippen LogP contribution in [0.1, 0.15) is 5.56 Å². The number of primary sulfonamides is 1. The Kier molecular flexibility index (Phi) is 5.52. The van der Waals surface area contributed by atoms with Gasteiger partial charge in [-0.05, 0) is 41.7 Å². The number of anilines is 1. The number of fused-ring (bicyclic) bond motifs is 1. The minimum atomic E-state index is -4.03. The number of nitrogens with one attached hydrogen (secondary N) is 1. The van der Waals surface area contributed by atoms with Crippen molar-refractivity contribution >= 4 is 33.2 Å². The number of amides is 1. The molecule has 2 atom stereocenters. The number of sulfonamides is 1. The summed E-state index contributed by atoms with van der Waals surface area (Å²) in [5, 5.41) is 8.53. The van der Waals surface area contributed by atoms with Gasteiger partial charge in [0.05, 0.1) is 26.2 Å². The maximum Gasteiger partial charge on any atom is 0.241 e. The molecule has 3 N–H and O–H groups in total. The van der Waals surface area contributed by atoms with Crippen molar-refractivity contribution in [2.75, 3.05) is 25.1 Å². The van der Waals surface area contributed by atoms with Gasteiger partial charge in [0.25, 0.3) is 0 Å². The van der Waals surface area contributed by atoms with Crippen molar-refractivity contribution < 1.29 is 22.7 Å². The van der Waals surface area contributed by atoms with Crippen molar-refractivity contribution in [3.05, 3.63) is 53.1 Å². The van der Waals surface area contributed by atoms with Crippen molar-refractivity contribution in [1.82, 2.24) is 0 Å². The molecule has 2 aromatic carbocycles. The van der Waals surface area contributed by atoms with E-state index in [4.69, 9.17) is 26.2 Å². The summed E-state index contributed by atoms with van der Waals surface area (Å²) >= 11 is 6.08. The molecule has 4 rings (SSSR count). The fourth-order valence-corrected chi connectivity index (χ4v) is 4.64. The number of benzene rings is 2. The summed E-state index contributed by atoms with van der Waals surface area (Å²) in [7, 11) is -4.03. The third-order valence-electron chi connectivity index (χ3n) is 5.40. The second-order valence-corrected chi connectivity index (χ2v) is 9.30. The van der Waals surface area contributed by atoms with E-state index in [2.05, 4.69) is 5.32 Å². The number of rotatable bonds is 7. The zero-order chi connectivity index (χ0) is 20.6. The number of nitrogens with two attached hydrogens (primary N) is 1. The summed E-state index contributed by atoms with van der Waals surface area (Å²) in [6, 6.07) is 11.4. The van der Waals surface area contributed by atoms with Crippen LogP contribution in [0.15, 0.2) is 47.4 Å². The maximum absolute atomic E-state index is 12.3. The van der Waals surface area contributed by atoms with E-state index in [0.717, 1.165) is 13.2 Å². The molecule has 0 radical (unpaired) electrons. The number of carbonyl (C=O) groups excluding carboxylic acids is 1. The number of hydrogen-bond donors (Lipinski definition) is 2. The highest BCUT2D eigenvalue weighted by Gasteiger charge is 2.54. The van der Waals surface area contributed by atoms with Gasteiger partial charge in [0, 0.05) is 16.6 Å². The molecule has 29 heavy (non-hydrogen) atoms. The molecule has 1 saturated carbocycles. The molecule has 2 fully saturated rings. The van der Waals surface area contributed by atoms with Crippen LogP contribution in [0.4, 0.5) is 5.69 Å². The van der Waals surface area contributed by atoms with Crippen LogP contribution in [0.2, 0.25) is 5.02 Å². The Hall–Kier alpha value is -2.13. The first-order chi connectivity index (χ1) is 13.8. The minimum Gasteiger partial charge on any atom is -0.492 e. The van der Waals surface area contributed by atoms with E-state index in [9.17, 15) is 13.2 Å². The van der Waals surface area contributed by atoms with E-state index in [1.807, 2.05) is 0 Å². The molecule has 2 aromatic rings. The second kappa shape index (κ2) is 7.95. The lowest BCUT2D eigenvalue weighted by Crippen LogP contribution is -2.18. The highest BCUT2D eigenvalue weighted by molar-refractivity contribution is 7.89. The standard InChI is InChI=1S/C20H21ClN2O5S/c21-17-4-2-1-3-12(17)7-20(24)23-13-5-6-18(19(8-13)29(22,25)26)28-11-16-14-9-27-10-15(14)16/h1-6,8,14-16H,7,9-11H2,(H,23,24)(H2,22,25,26). The summed E-state index contributed by atoms with van der Waals surface area (Å²) in [6.07, 6.45) is 0.0646. The summed E-state index contributed by atoms with van der Waals surface area (Å²) in [6.45, 7) is 1.88. The molecular formula is C20H21ClN2O5S. The lowest BCUT2D eigenvalue weighted by atomic mass is 10.1. The van der Waals surface area contributed by atoms with E-state index < -0.39 is 10.0 Å². The number of ether oxygens (including phenoxy) is 2. The van der Waals surface area contributed by atoms with E-state index >= 15 is 0 Å². The maximum atomic E-state index is 12.3. The molecule has 0 bridgehead atoms. The molecule has 2 unspecified atom stereocenters. The fourth-order valence-electron chi connectivity index (χ4n) is 3.74. The van der Waals surface area contributed by atoms with E-state index in [0.29, 0.717) is 40.6 Å². The van der Waals surface area contributed by atoms with Crippen molar-refractivity contribution in [1.29, 1.82) is 0 Å². The van der Waals surface area contributed by atoms with Crippen molar-refractivity contribution in [2.45, 2.75) is 11.3 Å². The van der Waals surface area contributed by atoms with Crippen LogP contribution in [-0.4, -0.2) is 34.1 Å². The Morgan fingerprint density at radius 2 is 1.93 bits per heavy atom. The Morgan fingerprint density at radius 1 is 1.21 bits per heavy atom. The highest BCUT2D eigenvalue weighted by Crippen LogP contribution is 2.50. The molecule has 0 spiro atoms. The van der Waals surface area contributed by atoms with Gasteiger partial charge in [-0.1, -0.05) is 29.8 Å². The van der Waals surface area contributed by atoms with Crippen LogP contribution in [0.5, 0.6) is 5.75 Å². The Balaban J connectivity index is 1.45. The zero-order valence-electron chi connectivity index (χ0n) is 15.5. The Bertz CT molecular complexity index is 1030. The predicted molar refractivity (Wildman–Crippen MR) is 108 cm³/mol. The molecule has 2 aliphatic rings. The molecule has 154 valence electrons. The molecule has 1 amide bonds. The predicted octanol–water partition coefficient (Wildman–Crippen LogP) is 2.44. The van der Waals surface area contributed by atoms with Gasteiger partial charge in [0.2, 0.25) is 15.9 Å². The highest BCUT2D eigenvalue weighted by atomic mass is 35.5. The largest absolute Gasteiger partial charge is 0.492 e. The van der Waals surface area contributed by atoms with Gasteiger partial charge in [-0.2, -0.15) is 0 Å². The minimum absolute atomic E-state index is 0.0646. The van der Waals surface area contributed by atoms with Gasteiger partial charge in [-0.15, -0.1) is 0 Å². The van der Waals surface area contributed by atoms with Crippen molar-refractivity contribution in [3.8, 4) is 5.75 Å². The first-order valence-corrected chi connectivity index (χ1v) is 11.2. The van der Waals surface area contributed by atoms with Gasteiger partial charge < -0.3 is 14.8 Å². The van der Waals surface area contributed by atoms with Crippen LogP contribution < -0.4 is 15.2 Å². The van der Waals surface area contributed by atoms with Crippen molar-refractivity contribution in [2.24, 2.45) is 22.9 Å². The monoisotopic (exact) mass is 436 g/mol. The van der Waals surface area contributed by atoms with Gasteiger partial charge in [-0.3, -0.25) is 4.79 Å². The van der Waals surface area contributed by atoms with Gasteiger partial charge in [0.1, 0.15) is 10.6 Å². The molecule has 1 saturated heterocycles. The summed E-state index contributed by atoms with van der Waals surface area (Å²) in [4.78, 5) is 12.2. The average Bonchev–Trinajstić information content (AvgIpc) is 3.08. The van der Waals surface area contributed by atoms with Gasteiger partial charge in [0.15, 0.2) is 0 Å². The van der Waals surface area contributed by atoms with E-state index in [-0.39, 0.29) is 23.0 Å². The first kappa shape index (κ1) is 20.2. The fraction of sp³-hybridized carbons (Fsp3) is 0.350. The lowest BCUT2D eigenvalue weighted by Gasteiger charge is -2.13. The second-order valence-electron chi connectivity index (χ2n) is 7.36. The molecule has 1 aliphatic carbocycles. The summed E-state index contributed by atoms with van der Waals surface area (Å²) in [5.41, 5.74) is 0.993. The molecule has 7 nitrogen and oxygen atoms in total. The summed E-state index contributed by atoms with van der Waals surface area (Å²) < 4.78 is 35.2. The Labute approximate surface area is 174 Å². The topological polar surface area (TPSA) is 108 Å². The average molecular weight is 437 g/mol. The normalized spacial score (nSPS) is 22.8. The molecule has 0 aromatic heterocycles. The lowest BCUT2D eigenvalue weighted by molar-refractivity contribution is -0.115. The zero-order valence-corrected chi connectivity index (χ0v) is 17.1. The van der Waals surface area contributed by atoms with Crippen LogP contribution in [0.3, 0.4) is 0 Å². The number of halogens is 1. The third kappa shape index (κ3) is 4.56. The van der Waals surface area contributed by atoms with Crippen LogP contribution in [0.25, 0.3) is 0 Å². The molecule has 1 heterocycles. The van der Waals surface area contributed by atoms with Gasteiger partial charge >= 0.3 is 0 Å².